The van der Waals surface area contributed by atoms with Crippen LogP contribution in [0.4, 0.5) is 0 Å². The smallest absolute Gasteiger partial charge is 0.261 e. The average molecular weight is 582 g/mol. The van der Waals surface area contributed by atoms with Gasteiger partial charge in [0, 0.05) is 16.6 Å². The first kappa shape index (κ1) is 27.4. The van der Waals surface area contributed by atoms with Crippen molar-refractivity contribution in [2.75, 3.05) is 6.61 Å². The van der Waals surface area contributed by atoms with Gasteiger partial charge in [0.05, 0.1) is 4.47 Å². The average Bonchev–Trinajstić information content (AvgIpc) is 2.68. The van der Waals surface area contributed by atoms with Gasteiger partial charge in [0.15, 0.2) is 6.61 Å². The van der Waals surface area contributed by atoms with Crippen LogP contribution < -0.4 is 10.1 Å². The highest BCUT2D eigenvalue weighted by Crippen LogP contribution is 2.31. The molecule has 0 radical (unpaired) electrons. The van der Waals surface area contributed by atoms with Crippen molar-refractivity contribution >= 4 is 43.7 Å². The molecule has 180 valence electrons. The van der Waals surface area contributed by atoms with Crippen LogP contribution in [0, 0.1) is 0 Å². The SMILES string of the molecule is C[C@H](C(=O)NC(C)(C)C)N(Cc1cccc(Br)c1)C(=O)COc1ccc(C(C)(C)C)cc1Br. The highest BCUT2D eigenvalue weighted by atomic mass is 79.9. The van der Waals surface area contributed by atoms with Crippen molar-refractivity contribution in [2.45, 2.75) is 72.0 Å². The zero-order valence-corrected chi connectivity index (χ0v) is 23.6. The number of ether oxygens (including phenoxy) is 1. The molecule has 0 fully saturated rings. The van der Waals surface area contributed by atoms with Crippen LogP contribution >= 0.6 is 31.9 Å². The largest absolute Gasteiger partial charge is 0.483 e. The summed E-state index contributed by atoms with van der Waals surface area (Å²) in [5, 5.41) is 2.96. The Balaban J connectivity index is 2.21. The number of hydrogen-bond acceptors (Lipinski definition) is 3. The first-order chi connectivity index (χ1) is 15.2. The van der Waals surface area contributed by atoms with Crippen LogP contribution in [0.25, 0.3) is 0 Å². The van der Waals surface area contributed by atoms with Crippen molar-refractivity contribution in [3.8, 4) is 5.75 Å². The van der Waals surface area contributed by atoms with Crippen LogP contribution in [0.15, 0.2) is 51.4 Å². The van der Waals surface area contributed by atoms with Gasteiger partial charge >= 0.3 is 0 Å². The lowest BCUT2D eigenvalue weighted by atomic mass is 9.87. The molecule has 0 heterocycles. The molecule has 0 aliphatic heterocycles. The second kappa shape index (κ2) is 11.0. The molecule has 7 heteroatoms. The normalized spacial score (nSPS) is 12.8. The maximum Gasteiger partial charge on any atom is 0.261 e. The van der Waals surface area contributed by atoms with Crippen LogP contribution in [0.5, 0.6) is 5.75 Å². The molecular weight excluding hydrogens is 548 g/mol. The van der Waals surface area contributed by atoms with E-state index in [1.54, 1.807) is 11.8 Å². The monoisotopic (exact) mass is 580 g/mol. The van der Waals surface area contributed by atoms with Crippen molar-refractivity contribution in [1.82, 2.24) is 10.2 Å². The molecule has 5 nitrogen and oxygen atoms in total. The number of carbonyl (C=O) groups is 2. The van der Waals surface area contributed by atoms with E-state index < -0.39 is 11.6 Å². The van der Waals surface area contributed by atoms with Crippen LogP contribution in [0.3, 0.4) is 0 Å². The third-order valence-corrected chi connectivity index (χ3v) is 6.17. The molecule has 0 unspecified atom stereocenters. The maximum atomic E-state index is 13.2. The van der Waals surface area contributed by atoms with Gasteiger partial charge in [-0.25, -0.2) is 0 Å². The highest BCUT2D eigenvalue weighted by molar-refractivity contribution is 9.10. The van der Waals surface area contributed by atoms with Crippen LogP contribution in [-0.2, 0) is 21.5 Å². The number of amides is 2. The number of rotatable bonds is 7. The van der Waals surface area contributed by atoms with Crippen molar-refractivity contribution in [2.24, 2.45) is 0 Å². The van der Waals surface area contributed by atoms with Gasteiger partial charge in [0.1, 0.15) is 11.8 Å². The van der Waals surface area contributed by atoms with E-state index >= 15 is 0 Å². The number of carbonyl (C=O) groups excluding carboxylic acids is 2. The molecule has 0 aliphatic rings. The molecule has 2 aromatic rings. The molecule has 2 rings (SSSR count). The minimum atomic E-state index is -0.661. The number of benzene rings is 2. The zero-order chi connectivity index (χ0) is 25.0. The molecule has 2 aromatic carbocycles. The summed E-state index contributed by atoms with van der Waals surface area (Å²) < 4.78 is 7.57. The van der Waals surface area contributed by atoms with Crippen molar-refractivity contribution < 1.29 is 14.3 Å². The van der Waals surface area contributed by atoms with Crippen molar-refractivity contribution in [1.29, 1.82) is 0 Å². The van der Waals surface area contributed by atoms with Gasteiger partial charge in [-0.3, -0.25) is 9.59 Å². The van der Waals surface area contributed by atoms with E-state index in [1.165, 1.54) is 0 Å². The van der Waals surface area contributed by atoms with Crippen molar-refractivity contribution in [3.05, 3.63) is 62.5 Å². The first-order valence-electron chi connectivity index (χ1n) is 11.0. The van der Waals surface area contributed by atoms with Gasteiger partial charge in [-0.15, -0.1) is 0 Å². The Morgan fingerprint density at radius 3 is 2.24 bits per heavy atom. The zero-order valence-electron chi connectivity index (χ0n) is 20.5. The Bertz CT molecular complexity index is 994. The number of nitrogens with zero attached hydrogens (tertiary/aromatic N) is 1. The fraction of sp³-hybridized carbons (Fsp3) is 0.462. The molecule has 0 saturated carbocycles. The van der Waals surface area contributed by atoms with Gasteiger partial charge in [-0.2, -0.15) is 0 Å². The van der Waals surface area contributed by atoms with Gasteiger partial charge in [0.25, 0.3) is 5.91 Å². The van der Waals surface area contributed by atoms with Crippen LogP contribution in [0.1, 0.15) is 59.6 Å². The molecule has 1 N–H and O–H groups in total. The lowest BCUT2D eigenvalue weighted by Gasteiger charge is -2.31. The predicted octanol–water partition coefficient (Wildman–Crippen LogP) is 6.22. The summed E-state index contributed by atoms with van der Waals surface area (Å²) in [7, 11) is 0. The summed E-state index contributed by atoms with van der Waals surface area (Å²) in [5.41, 5.74) is 1.69. The summed E-state index contributed by atoms with van der Waals surface area (Å²) in [6.45, 7) is 14.0. The quantitative estimate of drug-likeness (QED) is 0.422. The van der Waals surface area contributed by atoms with E-state index in [0.717, 1.165) is 20.1 Å². The highest BCUT2D eigenvalue weighted by Gasteiger charge is 2.29. The molecule has 0 bridgehead atoms. The Kier molecular flexibility index (Phi) is 9.16. The minimum absolute atomic E-state index is 0.00741. The number of halogens is 2. The Morgan fingerprint density at radius 2 is 1.70 bits per heavy atom. The second-order valence-corrected chi connectivity index (χ2v) is 12.0. The molecule has 0 spiro atoms. The first-order valence-corrected chi connectivity index (χ1v) is 12.5. The minimum Gasteiger partial charge on any atom is -0.483 e. The summed E-state index contributed by atoms with van der Waals surface area (Å²) in [6.07, 6.45) is 0. The summed E-state index contributed by atoms with van der Waals surface area (Å²) in [5.74, 6) is 0.116. The molecule has 33 heavy (non-hydrogen) atoms. The standard InChI is InChI=1S/C26H34Br2N2O3/c1-17(24(32)29-26(5,6)7)30(15-18-9-8-10-20(27)13-18)23(31)16-33-22-12-11-19(14-21(22)28)25(2,3)4/h8-14,17H,15-16H2,1-7H3,(H,29,32)/t17-/m1/s1. The van der Waals surface area contributed by atoms with E-state index in [2.05, 4.69) is 57.9 Å². The summed E-state index contributed by atoms with van der Waals surface area (Å²) >= 11 is 7.03. The molecule has 0 saturated heterocycles. The third-order valence-electron chi connectivity index (χ3n) is 5.06. The van der Waals surface area contributed by atoms with E-state index in [4.69, 9.17) is 4.74 Å². The van der Waals surface area contributed by atoms with Gasteiger partial charge in [-0.05, 0) is 84.4 Å². The van der Waals surface area contributed by atoms with E-state index in [9.17, 15) is 9.59 Å². The molecule has 0 aliphatic carbocycles. The third kappa shape index (κ3) is 8.45. The van der Waals surface area contributed by atoms with E-state index in [-0.39, 0.29) is 23.8 Å². The van der Waals surface area contributed by atoms with E-state index in [1.807, 2.05) is 63.2 Å². The lowest BCUT2D eigenvalue weighted by molar-refractivity contribution is -0.142. The summed E-state index contributed by atoms with van der Waals surface area (Å²) in [4.78, 5) is 27.7. The van der Waals surface area contributed by atoms with E-state index in [0.29, 0.717) is 12.3 Å². The van der Waals surface area contributed by atoms with Crippen molar-refractivity contribution in [3.63, 3.8) is 0 Å². The van der Waals surface area contributed by atoms with Crippen LogP contribution in [0.2, 0.25) is 0 Å². The van der Waals surface area contributed by atoms with Gasteiger partial charge in [0.2, 0.25) is 5.91 Å². The maximum absolute atomic E-state index is 13.2. The Morgan fingerprint density at radius 1 is 1.03 bits per heavy atom. The van der Waals surface area contributed by atoms with Gasteiger partial charge < -0.3 is 15.0 Å². The lowest BCUT2D eigenvalue weighted by Crippen LogP contribution is -2.53. The van der Waals surface area contributed by atoms with Crippen LogP contribution in [-0.4, -0.2) is 34.9 Å². The molecule has 0 aromatic heterocycles. The Hall–Kier alpha value is -1.86. The molecular formula is C26H34Br2N2O3. The summed E-state index contributed by atoms with van der Waals surface area (Å²) in [6, 6.07) is 12.9. The topological polar surface area (TPSA) is 58.6 Å². The number of nitrogens with one attached hydrogen (secondary N) is 1. The fourth-order valence-electron chi connectivity index (χ4n) is 3.20. The fourth-order valence-corrected chi connectivity index (χ4v) is 4.14. The Labute approximate surface area is 214 Å². The van der Waals surface area contributed by atoms with Gasteiger partial charge in [-0.1, -0.05) is 54.9 Å². The second-order valence-electron chi connectivity index (χ2n) is 10.3. The molecule has 2 amide bonds. The molecule has 1 atom stereocenters. The number of hydrogen-bond donors (Lipinski definition) is 1. The predicted molar refractivity (Wildman–Crippen MR) is 140 cm³/mol.